The van der Waals surface area contributed by atoms with Gasteiger partial charge in [-0.1, -0.05) is 0 Å². The van der Waals surface area contributed by atoms with Crippen molar-refractivity contribution in [1.29, 1.82) is 0 Å². The van der Waals surface area contributed by atoms with E-state index >= 15 is 0 Å². The minimum absolute atomic E-state index is 0.0900. The first kappa shape index (κ1) is 19.0. The Morgan fingerprint density at radius 2 is 2.03 bits per heavy atom. The molecule has 0 spiro atoms. The summed E-state index contributed by atoms with van der Waals surface area (Å²) in [6.07, 6.45) is 5.47. The van der Waals surface area contributed by atoms with E-state index in [2.05, 4.69) is 5.32 Å². The highest BCUT2D eigenvalue weighted by Gasteiger charge is 2.26. The van der Waals surface area contributed by atoms with Crippen molar-refractivity contribution in [3.8, 4) is 5.75 Å². The lowest BCUT2D eigenvalue weighted by molar-refractivity contribution is -0.115. The highest BCUT2D eigenvalue weighted by molar-refractivity contribution is 6.07. The van der Waals surface area contributed by atoms with Crippen LogP contribution in [0.15, 0.2) is 70.1 Å². The van der Waals surface area contributed by atoms with E-state index in [1.165, 1.54) is 12.5 Å². The maximum atomic E-state index is 12.6. The summed E-state index contributed by atoms with van der Waals surface area (Å²) in [5.74, 6) is 0.479. The quantitative estimate of drug-likeness (QED) is 0.521. The maximum Gasteiger partial charge on any atom is 0.261 e. The van der Waals surface area contributed by atoms with Gasteiger partial charge in [-0.3, -0.25) is 9.59 Å². The topological polar surface area (TPSA) is 84.9 Å². The van der Waals surface area contributed by atoms with E-state index in [4.69, 9.17) is 13.6 Å². The molecular formula is C24H20N2O5. The van der Waals surface area contributed by atoms with Gasteiger partial charge >= 0.3 is 0 Å². The van der Waals surface area contributed by atoms with Gasteiger partial charge < -0.3 is 23.8 Å². The molecule has 156 valence electrons. The number of ether oxygens (including phenoxy) is 1. The highest BCUT2D eigenvalue weighted by atomic mass is 16.5. The predicted octanol–water partition coefficient (Wildman–Crippen LogP) is 4.42. The average molecular weight is 416 g/mol. The SMILES string of the molecule is COc1ccc2c(CC(=O)Nc3ccc4c(c3)CCN4C(=O)c3ccoc3)coc2c1. The lowest BCUT2D eigenvalue weighted by Crippen LogP contribution is -2.28. The number of amides is 2. The van der Waals surface area contributed by atoms with Gasteiger partial charge in [-0.15, -0.1) is 0 Å². The van der Waals surface area contributed by atoms with Crippen LogP contribution >= 0.6 is 0 Å². The molecule has 0 bridgehead atoms. The molecule has 0 fully saturated rings. The van der Waals surface area contributed by atoms with Gasteiger partial charge in [0.25, 0.3) is 5.91 Å². The third kappa shape index (κ3) is 3.54. The summed E-state index contributed by atoms with van der Waals surface area (Å²) in [6, 6.07) is 12.8. The summed E-state index contributed by atoms with van der Waals surface area (Å²) >= 11 is 0. The van der Waals surface area contributed by atoms with Crippen LogP contribution in [0, 0.1) is 0 Å². The van der Waals surface area contributed by atoms with Crippen LogP contribution in [-0.2, 0) is 17.6 Å². The molecule has 0 saturated heterocycles. The molecule has 7 heteroatoms. The fourth-order valence-corrected chi connectivity index (χ4v) is 3.94. The summed E-state index contributed by atoms with van der Waals surface area (Å²) < 4.78 is 15.8. The van der Waals surface area contributed by atoms with E-state index in [1.54, 1.807) is 30.4 Å². The van der Waals surface area contributed by atoms with Crippen LogP contribution in [0.25, 0.3) is 11.0 Å². The van der Waals surface area contributed by atoms with Gasteiger partial charge in [0.15, 0.2) is 0 Å². The molecule has 3 heterocycles. The van der Waals surface area contributed by atoms with Crippen LogP contribution in [0.1, 0.15) is 21.5 Å². The van der Waals surface area contributed by atoms with Crippen molar-refractivity contribution in [3.63, 3.8) is 0 Å². The second kappa shape index (κ2) is 7.68. The van der Waals surface area contributed by atoms with Gasteiger partial charge in [-0.05, 0) is 48.4 Å². The normalized spacial score (nSPS) is 12.7. The number of anilines is 2. The second-order valence-corrected chi connectivity index (χ2v) is 7.41. The number of furan rings is 2. The van der Waals surface area contributed by atoms with Gasteiger partial charge in [-0.25, -0.2) is 0 Å². The van der Waals surface area contributed by atoms with Crippen molar-refractivity contribution >= 4 is 34.2 Å². The summed E-state index contributed by atoms with van der Waals surface area (Å²) in [5.41, 5.74) is 4.61. The number of fused-ring (bicyclic) bond motifs is 2. The van der Waals surface area contributed by atoms with Crippen molar-refractivity contribution < 1.29 is 23.2 Å². The Labute approximate surface area is 178 Å². The van der Waals surface area contributed by atoms with Crippen LogP contribution in [0.2, 0.25) is 0 Å². The van der Waals surface area contributed by atoms with Gasteiger partial charge in [0.2, 0.25) is 5.91 Å². The zero-order valence-electron chi connectivity index (χ0n) is 16.9. The average Bonchev–Trinajstić information content (AvgIpc) is 3.53. The number of hydrogen-bond acceptors (Lipinski definition) is 5. The van der Waals surface area contributed by atoms with Crippen LogP contribution < -0.4 is 15.0 Å². The number of methoxy groups -OCH3 is 1. The number of rotatable bonds is 5. The van der Waals surface area contributed by atoms with Gasteiger partial charge in [0.05, 0.1) is 31.6 Å². The molecule has 31 heavy (non-hydrogen) atoms. The molecule has 0 atom stereocenters. The highest BCUT2D eigenvalue weighted by Crippen LogP contribution is 2.32. The third-order valence-corrected chi connectivity index (χ3v) is 5.49. The van der Waals surface area contributed by atoms with Gasteiger partial charge in [0, 0.05) is 34.9 Å². The minimum Gasteiger partial charge on any atom is -0.497 e. The van der Waals surface area contributed by atoms with Crippen molar-refractivity contribution in [2.75, 3.05) is 23.9 Å². The Balaban J connectivity index is 1.29. The molecule has 2 amide bonds. The molecule has 4 aromatic rings. The Morgan fingerprint density at radius 1 is 1.13 bits per heavy atom. The second-order valence-electron chi connectivity index (χ2n) is 7.41. The van der Waals surface area contributed by atoms with E-state index in [0.717, 1.165) is 28.6 Å². The molecule has 2 aromatic carbocycles. The van der Waals surface area contributed by atoms with E-state index in [-0.39, 0.29) is 18.2 Å². The molecule has 0 radical (unpaired) electrons. The Hall–Kier alpha value is -4.00. The molecule has 5 rings (SSSR count). The van der Waals surface area contributed by atoms with Crippen molar-refractivity contribution in [1.82, 2.24) is 0 Å². The van der Waals surface area contributed by atoms with E-state index in [9.17, 15) is 9.59 Å². The molecule has 1 N–H and O–H groups in total. The summed E-state index contributed by atoms with van der Waals surface area (Å²) in [5, 5.41) is 3.83. The fraction of sp³-hybridized carbons (Fsp3) is 0.167. The zero-order chi connectivity index (χ0) is 21.4. The lowest BCUT2D eigenvalue weighted by Gasteiger charge is -2.16. The minimum atomic E-state index is -0.136. The molecule has 2 aromatic heterocycles. The first-order chi connectivity index (χ1) is 15.1. The Kier molecular flexibility index (Phi) is 4.71. The monoisotopic (exact) mass is 416 g/mol. The van der Waals surface area contributed by atoms with Crippen LogP contribution in [0.5, 0.6) is 5.75 Å². The largest absolute Gasteiger partial charge is 0.497 e. The van der Waals surface area contributed by atoms with Crippen molar-refractivity contribution in [2.24, 2.45) is 0 Å². The Bertz CT molecular complexity index is 1270. The van der Waals surface area contributed by atoms with Crippen LogP contribution in [0.4, 0.5) is 11.4 Å². The Morgan fingerprint density at radius 3 is 2.84 bits per heavy atom. The van der Waals surface area contributed by atoms with Crippen molar-refractivity contribution in [3.05, 3.63) is 77.9 Å². The number of nitrogens with one attached hydrogen (secondary N) is 1. The lowest BCUT2D eigenvalue weighted by atomic mass is 10.1. The smallest absolute Gasteiger partial charge is 0.261 e. The number of hydrogen-bond donors (Lipinski definition) is 1. The van der Waals surface area contributed by atoms with E-state index in [1.807, 2.05) is 30.3 Å². The third-order valence-electron chi connectivity index (χ3n) is 5.49. The zero-order valence-corrected chi connectivity index (χ0v) is 16.9. The molecular weight excluding hydrogens is 396 g/mol. The van der Waals surface area contributed by atoms with Crippen LogP contribution in [0.3, 0.4) is 0 Å². The first-order valence-electron chi connectivity index (χ1n) is 9.93. The van der Waals surface area contributed by atoms with Gasteiger partial charge in [-0.2, -0.15) is 0 Å². The standard InChI is InChI=1S/C24H20N2O5/c1-29-19-3-4-20-17(14-31-22(20)12-19)11-23(27)25-18-2-5-21-15(10-18)6-8-26(21)24(28)16-7-9-30-13-16/h2-5,7,9-10,12-14H,6,8,11H2,1H3,(H,25,27). The predicted molar refractivity (Wildman–Crippen MR) is 116 cm³/mol. The fourth-order valence-electron chi connectivity index (χ4n) is 3.94. The first-order valence-corrected chi connectivity index (χ1v) is 9.93. The number of benzene rings is 2. The summed E-state index contributed by atoms with van der Waals surface area (Å²) in [6.45, 7) is 0.598. The number of carbonyl (C=O) groups is 2. The molecule has 0 unspecified atom stereocenters. The van der Waals surface area contributed by atoms with E-state index < -0.39 is 0 Å². The molecule has 1 aliphatic rings. The number of nitrogens with zero attached hydrogens (tertiary/aromatic N) is 1. The number of carbonyl (C=O) groups excluding carboxylic acids is 2. The molecule has 1 aliphatic heterocycles. The maximum absolute atomic E-state index is 12.6. The van der Waals surface area contributed by atoms with Crippen LogP contribution in [-0.4, -0.2) is 25.5 Å². The molecule has 0 aliphatic carbocycles. The van der Waals surface area contributed by atoms with Crippen molar-refractivity contribution in [2.45, 2.75) is 12.8 Å². The molecule has 7 nitrogen and oxygen atoms in total. The van der Waals surface area contributed by atoms with Gasteiger partial charge in [0.1, 0.15) is 17.6 Å². The molecule has 0 saturated carbocycles. The summed E-state index contributed by atoms with van der Waals surface area (Å²) in [4.78, 5) is 27.0. The summed E-state index contributed by atoms with van der Waals surface area (Å²) in [7, 11) is 1.60. The van der Waals surface area contributed by atoms with E-state index in [0.29, 0.717) is 29.1 Å².